The van der Waals surface area contributed by atoms with Crippen molar-refractivity contribution in [2.24, 2.45) is 0 Å². The molecule has 0 radical (unpaired) electrons. The number of ether oxygens (including phenoxy) is 1. The van der Waals surface area contributed by atoms with Crippen LogP contribution in [0, 0.1) is 0 Å². The second kappa shape index (κ2) is 10.5. The number of benzene rings is 1. The van der Waals surface area contributed by atoms with Crippen molar-refractivity contribution in [3.63, 3.8) is 0 Å². The zero-order chi connectivity index (χ0) is 26.0. The molecule has 0 spiro atoms. The van der Waals surface area contributed by atoms with Crippen molar-refractivity contribution in [2.45, 2.75) is 72.6 Å². The number of aromatic nitrogens is 1. The molecule has 0 saturated heterocycles. The molecule has 2 amide bonds. The van der Waals surface area contributed by atoms with Crippen LogP contribution in [-0.4, -0.2) is 47.2 Å². The summed E-state index contributed by atoms with van der Waals surface area (Å²) in [5.41, 5.74) is 0.339. The van der Waals surface area contributed by atoms with Crippen LogP contribution in [0.3, 0.4) is 0 Å². The predicted octanol–water partition coefficient (Wildman–Crippen LogP) is 4.36. The van der Waals surface area contributed by atoms with Gasteiger partial charge in [0, 0.05) is 23.2 Å². The molecule has 1 aliphatic carbocycles. The van der Waals surface area contributed by atoms with Crippen LogP contribution in [0.2, 0.25) is 0 Å². The third-order valence-electron chi connectivity index (χ3n) is 5.15. The molecule has 0 bridgehead atoms. The average Bonchev–Trinajstić information content (AvgIpc) is 3.46. The fourth-order valence-electron chi connectivity index (χ4n) is 3.66. The van der Waals surface area contributed by atoms with Crippen LogP contribution in [0.15, 0.2) is 18.3 Å². The van der Waals surface area contributed by atoms with Crippen LogP contribution < -0.4 is 15.9 Å². The summed E-state index contributed by atoms with van der Waals surface area (Å²) in [6, 6.07) is 2.77. The third kappa shape index (κ3) is 6.72. The number of urea groups is 1. The van der Waals surface area contributed by atoms with Crippen molar-refractivity contribution >= 4 is 47.3 Å². The standard InChI is InChI=1S/C24H34N3O7P/c1-7-32-35(31,33-8-2)21-12-20-17(11-19(21)26-23(30)25-16-9-10-16)18(15(3)28)13-27(20)14-22(29)34-24(4,5)6/h11-13,16H,7-10,14H2,1-6H3,(H2,25,26,30). The number of Topliss-reactive ketones (excluding diaryl/α,β-unsaturated/α-hetero) is 1. The summed E-state index contributed by atoms with van der Waals surface area (Å²) in [5.74, 6) is -0.716. The molecule has 10 nitrogen and oxygen atoms in total. The predicted molar refractivity (Wildman–Crippen MR) is 133 cm³/mol. The van der Waals surface area contributed by atoms with E-state index in [9.17, 15) is 18.9 Å². The van der Waals surface area contributed by atoms with E-state index in [4.69, 9.17) is 13.8 Å². The minimum atomic E-state index is -3.85. The maximum Gasteiger partial charge on any atom is 0.363 e. The summed E-state index contributed by atoms with van der Waals surface area (Å²) in [6.45, 7) is 10.2. The second-order valence-corrected chi connectivity index (χ2v) is 11.4. The van der Waals surface area contributed by atoms with Crippen molar-refractivity contribution < 1.29 is 32.7 Å². The minimum Gasteiger partial charge on any atom is -0.459 e. The molecular formula is C24H34N3O7P. The van der Waals surface area contributed by atoms with E-state index in [0.717, 1.165) is 12.8 Å². The molecule has 2 N–H and O–H groups in total. The smallest absolute Gasteiger partial charge is 0.363 e. The van der Waals surface area contributed by atoms with Crippen LogP contribution >= 0.6 is 7.60 Å². The fraction of sp³-hybridized carbons (Fsp3) is 0.542. The number of nitrogens with one attached hydrogen (secondary N) is 2. The molecule has 0 unspecified atom stereocenters. The van der Waals surface area contributed by atoms with Gasteiger partial charge in [-0.3, -0.25) is 14.2 Å². The van der Waals surface area contributed by atoms with Gasteiger partial charge in [-0.2, -0.15) is 0 Å². The summed E-state index contributed by atoms with van der Waals surface area (Å²) in [7, 11) is -3.85. The normalized spacial score (nSPS) is 14.1. The second-order valence-electron chi connectivity index (χ2n) is 9.41. The van der Waals surface area contributed by atoms with Gasteiger partial charge in [0.25, 0.3) is 0 Å². The van der Waals surface area contributed by atoms with Crippen LogP contribution in [0.4, 0.5) is 10.5 Å². The van der Waals surface area contributed by atoms with Gasteiger partial charge in [-0.05, 0) is 66.5 Å². The molecule has 192 valence electrons. The highest BCUT2D eigenvalue weighted by Gasteiger charge is 2.33. The van der Waals surface area contributed by atoms with Crippen molar-refractivity contribution in [3.8, 4) is 0 Å². The van der Waals surface area contributed by atoms with E-state index in [0.29, 0.717) is 16.5 Å². The van der Waals surface area contributed by atoms with Crippen LogP contribution in [0.5, 0.6) is 0 Å². The summed E-state index contributed by atoms with van der Waals surface area (Å²) in [5, 5.41) is 6.21. The number of nitrogens with zero attached hydrogens (tertiary/aromatic N) is 1. The number of esters is 1. The van der Waals surface area contributed by atoms with Crippen LogP contribution in [0.1, 0.15) is 64.7 Å². The highest BCUT2D eigenvalue weighted by atomic mass is 31.2. The molecule has 2 aromatic rings. The largest absolute Gasteiger partial charge is 0.459 e. The first-order valence-electron chi connectivity index (χ1n) is 11.7. The van der Waals surface area contributed by atoms with E-state index in [1.807, 2.05) is 0 Å². The van der Waals surface area contributed by atoms with Gasteiger partial charge in [0.1, 0.15) is 12.1 Å². The van der Waals surface area contributed by atoms with E-state index in [1.165, 1.54) is 6.92 Å². The lowest BCUT2D eigenvalue weighted by Crippen LogP contribution is -2.32. The van der Waals surface area contributed by atoms with E-state index in [1.54, 1.807) is 57.5 Å². The van der Waals surface area contributed by atoms with Gasteiger partial charge in [0.2, 0.25) is 0 Å². The third-order valence-corrected chi connectivity index (χ3v) is 7.31. The van der Waals surface area contributed by atoms with E-state index < -0.39 is 25.2 Å². The van der Waals surface area contributed by atoms with E-state index in [2.05, 4.69) is 10.6 Å². The Bertz CT molecular complexity index is 1170. The molecule has 1 aromatic heterocycles. The number of carbonyl (C=O) groups excluding carboxylic acids is 3. The quantitative estimate of drug-likeness (QED) is 0.278. The van der Waals surface area contributed by atoms with Crippen molar-refractivity contribution in [3.05, 3.63) is 23.9 Å². The average molecular weight is 508 g/mol. The molecule has 1 heterocycles. The van der Waals surface area contributed by atoms with Crippen LogP contribution in [-0.2, 0) is 29.7 Å². The molecule has 1 saturated carbocycles. The number of carbonyl (C=O) groups is 3. The number of hydrogen-bond donors (Lipinski definition) is 2. The number of anilines is 1. The molecule has 0 atom stereocenters. The lowest BCUT2D eigenvalue weighted by Gasteiger charge is -2.22. The Hall–Kier alpha value is -2.68. The molecule has 1 aromatic carbocycles. The highest BCUT2D eigenvalue weighted by molar-refractivity contribution is 7.62. The lowest BCUT2D eigenvalue weighted by atomic mass is 10.1. The monoisotopic (exact) mass is 507 g/mol. The Morgan fingerprint density at radius 3 is 2.26 bits per heavy atom. The van der Waals surface area contributed by atoms with Crippen molar-refractivity contribution in [1.29, 1.82) is 0 Å². The fourth-order valence-corrected chi connectivity index (χ4v) is 5.39. The first-order valence-corrected chi connectivity index (χ1v) is 13.3. The van der Waals surface area contributed by atoms with Gasteiger partial charge in [-0.25, -0.2) is 4.79 Å². The zero-order valence-corrected chi connectivity index (χ0v) is 22.0. The summed E-state index contributed by atoms with van der Waals surface area (Å²) < 4.78 is 31.9. The Morgan fingerprint density at radius 1 is 1.11 bits per heavy atom. The van der Waals surface area contributed by atoms with Crippen LogP contribution in [0.25, 0.3) is 10.9 Å². The zero-order valence-electron chi connectivity index (χ0n) is 21.1. The summed E-state index contributed by atoms with van der Waals surface area (Å²) >= 11 is 0. The topological polar surface area (TPSA) is 125 Å². The molecule has 0 aliphatic heterocycles. The van der Waals surface area contributed by atoms with E-state index in [-0.39, 0.29) is 42.6 Å². The molecule has 35 heavy (non-hydrogen) atoms. The van der Waals surface area contributed by atoms with E-state index >= 15 is 0 Å². The summed E-state index contributed by atoms with van der Waals surface area (Å²) in [6.07, 6.45) is 3.36. The Labute approximate surface area is 205 Å². The minimum absolute atomic E-state index is 0.107. The SMILES string of the molecule is CCOP(=O)(OCC)c1cc2c(cc1NC(=O)NC1CC1)c(C(C)=O)cn2CC(=O)OC(C)(C)C. The number of fused-ring (bicyclic) bond motifs is 1. The number of amides is 2. The van der Waals surface area contributed by atoms with Crippen molar-refractivity contribution in [1.82, 2.24) is 9.88 Å². The summed E-state index contributed by atoms with van der Waals surface area (Å²) in [4.78, 5) is 37.6. The van der Waals surface area contributed by atoms with Gasteiger partial charge in [-0.1, -0.05) is 0 Å². The molecule has 1 aliphatic rings. The van der Waals surface area contributed by atoms with Gasteiger partial charge >= 0.3 is 19.6 Å². The highest BCUT2D eigenvalue weighted by Crippen LogP contribution is 2.49. The Balaban J connectivity index is 2.17. The Morgan fingerprint density at radius 2 is 1.74 bits per heavy atom. The molecule has 3 rings (SSSR count). The number of hydrogen-bond acceptors (Lipinski definition) is 7. The first kappa shape index (κ1) is 26.9. The van der Waals surface area contributed by atoms with Gasteiger partial charge in [0.15, 0.2) is 5.78 Å². The number of rotatable bonds is 10. The Kier molecular flexibility index (Phi) is 8.09. The maximum atomic E-state index is 13.8. The van der Waals surface area contributed by atoms with Gasteiger partial charge in [0.05, 0.1) is 29.7 Å². The van der Waals surface area contributed by atoms with Gasteiger partial charge < -0.3 is 29.0 Å². The maximum absolute atomic E-state index is 13.8. The molecule has 1 fully saturated rings. The lowest BCUT2D eigenvalue weighted by molar-refractivity contribution is -0.155. The van der Waals surface area contributed by atoms with Gasteiger partial charge in [-0.15, -0.1) is 0 Å². The number of ketones is 1. The first-order chi connectivity index (χ1) is 16.4. The molecule has 11 heteroatoms. The molecular weight excluding hydrogens is 473 g/mol. The van der Waals surface area contributed by atoms with Crippen molar-refractivity contribution in [2.75, 3.05) is 18.5 Å².